The van der Waals surface area contributed by atoms with Gasteiger partial charge in [-0.05, 0) is 31.0 Å². The van der Waals surface area contributed by atoms with Gasteiger partial charge in [0.25, 0.3) is 5.91 Å². The van der Waals surface area contributed by atoms with Gasteiger partial charge in [-0.15, -0.1) is 0 Å². The van der Waals surface area contributed by atoms with Gasteiger partial charge in [-0.2, -0.15) is 0 Å². The van der Waals surface area contributed by atoms with Crippen LogP contribution >= 0.6 is 15.9 Å². The molecule has 1 N–H and O–H groups in total. The molecule has 0 saturated carbocycles. The van der Waals surface area contributed by atoms with Gasteiger partial charge in [-0.1, -0.05) is 35.8 Å². The van der Waals surface area contributed by atoms with E-state index >= 15 is 0 Å². The fourth-order valence-corrected chi connectivity index (χ4v) is 1.49. The Morgan fingerprint density at radius 1 is 1.33 bits per heavy atom. The largest absolute Gasteiger partial charge is 0.349 e. The molecule has 1 rings (SSSR count). The van der Waals surface area contributed by atoms with E-state index in [0.29, 0.717) is 11.5 Å². The Hall–Kier alpha value is -0.830. The molecule has 0 heterocycles. The molecule has 0 fully saturated rings. The van der Waals surface area contributed by atoms with Crippen molar-refractivity contribution in [3.8, 4) is 0 Å². The maximum absolute atomic E-state index is 11.8. The first kappa shape index (κ1) is 12.2. The first-order valence-electron chi connectivity index (χ1n) is 5.07. The highest BCUT2D eigenvalue weighted by Crippen LogP contribution is 2.12. The van der Waals surface area contributed by atoms with E-state index in [2.05, 4.69) is 35.1 Å². The van der Waals surface area contributed by atoms with Gasteiger partial charge < -0.3 is 5.32 Å². The number of hydrogen-bond acceptors (Lipinski definition) is 1. The van der Waals surface area contributed by atoms with Crippen LogP contribution in [-0.4, -0.2) is 11.9 Å². The van der Waals surface area contributed by atoms with Gasteiger partial charge in [-0.25, -0.2) is 0 Å². The van der Waals surface area contributed by atoms with Gasteiger partial charge in [0.05, 0.1) is 0 Å². The van der Waals surface area contributed by atoms with Crippen LogP contribution in [0.15, 0.2) is 28.7 Å². The molecule has 1 atom stereocenters. The zero-order valence-electron chi connectivity index (χ0n) is 9.25. The Morgan fingerprint density at radius 2 is 2.00 bits per heavy atom. The molecule has 2 nitrogen and oxygen atoms in total. The van der Waals surface area contributed by atoms with Gasteiger partial charge in [-0.3, -0.25) is 4.79 Å². The number of nitrogens with one attached hydrogen (secondary N) is 1. The third-order valence-corrected chi connectivity index (χ3v) is 2.94. The summed E-state index contributed by atoms with van der Waals surface area (Å²) in [7, 11) is 0. The van der Waals surface area contributed by atoms with Crippen molar-refractivity contribution in [2.45, 2.75) is 26.8 Å². The molecule has 1 amide bonds. The van der Waals surface area contributed by atoms with Crippen molar-refractivity contribution in [1.29, 1.82) is 0 Å². The molecule has 1 aromatic rings. The van der Waals surface area contributed by atoms with Crippen molar-refractivity contribution in [3.63, 3.8) is 0 Å². The zero-order valence-corrected chi connectivity index (χ0v) is 10.8. The van der Waals surface area contributed by atoms with Crippen molar-refractivity contribution < 1.29 is 4.79 Å². The van der Waals surface area contributed by atoms with Crippen LogP contribution in [0.3, 0.4) is 0 Å². The molecule has 0 aliphatic rings. The molecular formula is C12H16BrNO. The molecule has 0 aromatic heterocycles. The highest BCUT2D eigenvalue weighted by Gasteiger charge is 2.12. The maximum atomic E-state index is 11.8. The molecule has 1 aromatic carbocycles. The van der Waals surface area contributed by atoms with Crippen molar-refractivity contribution in [1.82, 2.24) is 5.32 Å². The number of halogens is 1. The molecule has 3 heteroatoms. The van der Waals surface area contributed by atoms with E-state index in [-0.39, 0.29) is 11.9 Å². The third kappa shape index (κ3) is 3.67. The normalized spacial score (nSPS) is 12.6. The number of rotatable bonds is 3. The molecular weight excluding hydrogens is 254 g/mol. The fraction of sp³-hybridized carbons (Fsp3) is 0.417. The topological polar surface area (TPSA) is 29.1 Å². The molecule has 0 aliphatic carbocycles. The molecule has 0 spiro atoms. The minimum atomic E-state index is -0.0162. The standard InChI is InChI=1S/C12H16BrNO/c1-8(2)9(3)14-12(15)10-5-4-6-11(13)7-10/h4-9H,1-3H3,(H,14,15). The van der Waals surface area contributed by atoms with E-state index < -0.39 is 0 Å². The van der Waals surface area contributed by atoms with Crippen LogP contribution in [0.1, 0.15) is 31.1 Å². The lowest BCUT2D eigenvalue weighted by molar-refractivity contribution is 0.0930. The number of carbonyl (C=O) groups is 1. The summed E-state index contributed by atoms with van der Waals surface area (Å²) in [5.74, 6) is 0.429. The first-order chi connectivity index (χ1) is 7.00. The summed E-state index contributed by atoms with van der Waals surface area (Å²) in [5.41, 5.74) is 0.692. The smallest absolute Gasteiger partial charge is 0.251 e. The molecule has 0 aliphatic heterocycles. The summed E-state index contributed by atoms with van der Waals surface area (Å²) in [6.07, 6.45) is 0. The van der Waals surface area contributed by atoms with E-state index in [0.717, 1.165) is 4.47 Å². The van der Waals surface area contributed by atoms with E-state index in [1.165, 1.54) is 0 Å². The summed E-state index contributed by atoms with van der Waals surface area (Å²) >= 11 is 3.35. The summed E-state index contributed by atoms with van der Waals surface area (Å²) in [5, 5.41) is 2.96. The van der Waals surface area contributed by atoms with Crippen molar-refractivity contribution in [2.24, 2.45) is 5.92 Å². The van der Waals surface area contributed by atoms with Crippen LogP contribution in [0, 0.1) is 5.92 Å². The van der Waals surface area contributed by atoms with Crippen LogP contribution < -0.4 is 5.32 Å². The number of carbonyl (C=O) groups excluding carboxylic acids is 1. The van der Waals surface area contributed by atoms with E-state index in [1.807, 2.05) is 31.2 Å². The molecule has 82 valence electrons. The van der Waals surface area contributed by atoms with Crippen LogP contribution in [0.2, 0.25) is 0 Å². The third-order valence-electron chi connectivity index (χ3n) is 2.45. The number of benzene rings is 1. The average molecular weight is 270 g/mol. The van der Waals surface area contributed by atoms with Gasteiger partial charge in [0, 0.05) is 16.1 Å². The monoisotopic (exact) mass is 269 g/mol. The average Bonchev–Trinajstić information content (AvgIpc) is 2.17. The number of hydrogen-bond donors (Lipinski definition) is 1. The van der Waals surface area contributed by atoms with Crippen molar-refractivity contribution in [3.05, 3.63) is 34.3 Å². The van der Waals surface area contributed by atoms with Gasteiger partial charge in [0.15, 0.2) is 0 Å². The summed E-state index contributed by atoms with van der Waals surface area (Å²) in [6.45, 7) is 6.19. The second-order valence-corrected chi connectivity index (χ2v) is 4.93. The van der Waals surface area contributed by atoms with Gasteiger partial charge in [0.1, 0.15) is 0 Å². The Bertz CT molecular complexity index is 349. The van der Waals surface area contributed by atoms with Crippen LogP contribution in [-0.2, 0) is 0 Å². The molecule has 15 heavy (non-hydrogen) atoms. The van der Waals surface area contributed by atoms with Crippen molar-refractivity contribution >= 4 is 21.8 Å². The maximum Gasteiger partial charge on any atom is 0.251 e. The minimum Gasteiger partial charge on any atom is -0.349 e. The Kier molecular flexibility index (Phi) is 4.33. The highest BCUT2D eigenvalue weighted by molar-refractivity contribution is 9.10. The predicted octanol–water partition coefficient (Wildman–Crippen LogP) is 3.22. The summed E-state index contributed by atoms with van der Waals surface area (Å²) < 4.78 is 0.923. The van der Waals surface area contributed by atoms with Crippen molar-refractivity contribution in [2.75, 3.05) is 0 Å². The lowest BCUT2D eigenvalue weighted by Gasteiger charge is -2.17. The Morgan fingerprint density at radius 3 is 2.53 bits per heavy atom. The molecule has 0 saturated heterocycles. The van der Waals surface area contributed by atoms with Crippen LogP contribution in [0.4, 0.5) is 0 Å². The summed E-state index contributed by atoms with van der Waals surface area (Å²) in [4.78, 5) is 11.8. The SMILES string of the molecule is CC(C)C(C)NC(=O)c1cccc(Br)c1. The lowest BCUT2D eigenvalue weighted by Crippen LogP contribution is -2.36. The molecule has 1 unspecified atom stereocenters. The first-order valence-corrected chi connectivity index (χ1v) is 5.86. The second-order valence-electron chi connectivity index (χ2n) is 4.02. The van der Waals surface area contributed by atoms with E-state index in [4.69, 9.17) is 0 Å². The molecule has 0 bridgehead atoms. The quantitative estimate of drug-likeness (QED) is 0.897. The van der Waals surface area contributed by atoms with Gasteiger partial charge >= 0.3 is 0 Å². The Labute approximate surface area is 99.2 Å². The summed E-state index contributed by atoms with van der Waals surface area (Å²) in [6, 6.07) is 7.59. The van der Waals surface area contributed by atoms with Crippen LogP contribution in [0.5, 0.6) is 0 Å². The Balaban J connectivity index is 2.69. The van der Waals surface area contributed by atoms with E-state index in [1.54, 1.807) is 0 Å². The zero-order chi connectivity index (χ0) is 11.4. The van der Waals surface area contributed by atoms with Gasteiger partial charge in [0.2, 0.25) is 0 Å². The lowest BCUT2D eigenvalue weighted by atomic mass is 10.1. The fourth-order valence-electron chi connectivity index (χ4n) is 1.09. The highest BCUT2D eigenvalue weighted by atomic mass is 79.9. The number of amides is 1. The minimum absolute atomic E-state index is 0.0162. The van der Waals surface area contributed by atoms with Crippen LogP contribution in [0.25, 0.3) is 0 Å². The predicted molar refractivity (Wildman–Crippen MR) is 65.9 cm³/mol. The second kappa shape index (κ2) is 5.31. The van der Waals surface area contributed by atoms with E-state index in [9.17, 15) is 4.79 Å². The molecule has 0 radical (unpaired) electrons.